The van der Waals surface area contributed by atoms with Gasteiger partial charge in [0.1, 0.15) is 5.75 Å². The fourth-order valence-electron chi connectivity index (χ4n) is 3.80. The van der Waals surface area contributed by atoms with Crippen molar-refractivity contribution in [2.24, 2.45) is 0 Å². The molecule has 1 aliphatic heterocycles. The van der Waals surface area contributed by atoms with E-state index in [2.05, 4.69) is 54.5 Å². The van der Waals surface area contributed by atoms with Gasteiger partial charge in [-0.05, 0) is 62.1 Å². The van der Waals surface area contributed by atoms with Crippen molar-refractivity contribution in [3.05, 3.63) is 64.3 Å². The first-order valence-corrected chi connectivity index (χ1v) is 8.75. The Hall–Kier alpha value is -2.26. The molecule has 0 saturated heterocycles. The number of hydrogen-bond acceptors (Lipinski definition) is 2. The molecule has 0 fully saturated rings. The molecule has 0 radical (unpaired) electrons. The predicted octanol–water partition coefficient (Wildman–Crippen LogP) is 4.42. The summed E-state index contributed by atoms with van der Waals surface area (Å²) in [6, 6.07) is 13.3. The molecule has 2 heterocycles. The lowest BCUT2D eigenvalue weighted by Crippen LogP contribution is -2.31. The normalized spacial score (nSPS) is 17.0. The summed E-state index contributed by atoms with van der Waals surface area (Å²) in [5.74, 6) is 0.952. The van der Waals surface area contributed by atoms with Crippen LogP contribution in [0.25, 0.3) is 10.9 Å². The van der Waals surface area contributed by atoms with E-state index in [1.165, 1.54) is 38.9 Å². The number of ether oxygens (including phenoxy) is 1. The topological polar surface area (TPSA) is 37.0 Å². The molecule has 3 heteroatoms. The van der Waals surface area contributed by atoms with Crippen molar-refractivity contribution >= 4 is 10.9 Å². The molecule has 1 aromatic heterocycles. The summed E-state index contributed by atoms with van der Waals surface area (Å²) in [5, 5.41) is 5.00. The smallest absolute Gasteiger partial charge is 0.120 e. The summed E-state index contributed by atoms with van der Waals surface area (Å²) in [7, 11) is 0. The summed E-state index contributed by atoms with van der Waals surface area (Å²) >= 11 is 0. The van der Waals surface area contributed by atoms with Gasteiger partial charge in [0.05, 0.1) is 12.6 Å². The molecular weight excluding hydrogens is 296 g/mol. The van der Waals surface area contributed by atoms with Gasteiger partial charge in [0.2, 0.25) is 0 Å². The summed E-state index contributed by atoms with van der Waals surface area (Å²) in [6.45, 7) is 8.08. The van der Waals surface area contributed by atoms with Crippen LogP contribution >= 0.6 is 0 Å². The Morgan fingerprint density at radius 2 is 2.00 bits per heavy atom. The van der Waals surface area contributed by atoms with E-state index in [-0.39, 0.29) is 6.04 Å². The van der Waals surface area contributed by atoms with Gasteiger partial charge >= 0.3 is 0 Å². The van der Waals surface area contributed by atoms with E-state index in [0.717, 1.165) is 18.7 Å². The van der Waals surface area contributed by atoms with Crippen molar-refractivity contribution in [3.63, 3.8) is 0 Å². The summed E-state index contributed by atoms with van der Waals surface area (Å²) in [6.07, 6.45) is 1.05. The van der Waals surface area contributed by atoms with Gasteiger partial charge in [0, 0.05) is 23.1 Å². The van der Waals surface area contributed by atoms with Crippen LogP contribution in [0.15, 0.2) is 36.4 Å². The zero-order valence-corrected chi connectivity index (χ0v) is 14.6. The van der Waals surface area contributed by atoms with Crippen molar-refractivity contribution < 1.29 is 4.74 Å². The predicted molar refractivity (Wildman–Crippen MR) is 98.9 cm³/mol. The number of fused-ring (bicyclic) bond motifs is 3. The minimum absolute atomic E-state index is 0.233. The van der Waals surface area contributed by atoms with Crippen molar-refractivity contribution in [3.8, 4) is 5.75 Å². The highest BCUT2D eigenvalue weighted by molar-refractivity contribution is 5.86. The number of benzene rings is 2. The number of nitrogens with one attached hydrogen (secondary N) is 2. The molecule has 1 atom stereocenters. The van der Waals surface area contributed by atoms with E-state index in [9.17, 15) is 0 Å². The standard InChI is InChI=1S/C21H24N2O/c1-4-24-15-7-8-19-18(12-15)16-9-10-22-20(21(16)23-19)17-11-13(2)5-6-14(17)3/h5-8,11-12,20,22-23H,4,9-10H2,1-3H3. The molecule has 2 N–H and O–H groups in total. The van der Waals surface area contributed by atoms with Gasteiger partial charge in [0.25, 0.3) is 0 Å². The van der Waals surface area contributed by atoms with E-state index in [1.54, 1.807) is 0 Å². The Labute approximate surface area is 143 Å². The number of rotatable bonds is 3. The molecule has 0 amide bonds. The number of H-pyrrole nitrogens is 1. The fourth-order valence-corrected chi connectivity index (χ4v) is 3.80. The lowest BCUT2D eigenvalue weighted by molar-refractivity contribution is 0.340. The fraction of sp³-hybridized carbons (Fsp3) is 0.333. The van der Waals surface area contributed by atoms with Crippen molar-refractivity contribution in [1.29, 1.82) is 0 Å². The molecule has 0 saturated carbocycles. The molecule has 1 unspecified atom stereocenters. The van der Waals surface area contributed by atoms with Crippen molar-refractivity contribution in [1.82, 2.24) is 10.3 Å². The average Bonchev–Trinajstić information content (AvgIpc) is 2.95. The first kappa shape index (κ1) is 15.3. The molecule has 3 nitrogen and oxygen atoms in total. The van der Waals surface area contributed by atoms with Crippen LogP contribution < -0.4 is 10.1 Å². The SMILES string of the molecule is CCOc1ccc2[nH]c3c(c2c1)CCNC3c1cc(C)ccc1C. The van der Waals surface area contributed by atoms with Crippen LogP contribution in [-0.2, 0) is 6.42 Å². The maximum Gasteiger partial charge on any atom is 0.120 e. The molecule has 124 valence electrons. The number of aromatic nitrogens is 1. The first-order chi connectivity index (χ1) is 11.7. The average molecular weight is 320 g/mol. The third-order valence-corrected chi connectivity index (χ3v) is 4.98. The zero-order valence-electron chi connectivity index (χ0n) is 14.6. The second-order valence-electron chi connectivity index (χ2n) is 6.65. The van der Waals surface area contributed by atoms with Gasteiger partial charge in [-0.3, -0.25) is 0 Å². The van der Waals surface area contributed by atoms with Crippen molar-refractivity contribution in [2.75, 3.05) is 13.2 Å². The highest BCUT2D eigenvalue weighted by Crippen LogP contribution is 2.36. The van der Waals surface area contributed by atoms with Gasteiger partial charge in [-0.25, -0.2) is 0 Å². The molecule has 24 heavy (non-hydrogen) atoms. The zero-order chi connectivity index (χ0) is 16.7. The van der Waals surface area contributed by atoms with Gasteiger partial charge < -0.3 is 15.0 Å². The Bertz CT molecular complexity index is 894. The van der Waals surface area contributed by atoms with E-state index in [1.807, 2.05) is 13.0 Å². The van der Waals surface area contributed by atoms with E-state index in [0.29, 0.717) is 6.61 Å². The number of hydrogen-bond donors (Lipinski definition) is 2. The highest BCUT2D eigenvalue weighted by atomic mass is 16.5. The van der Waals surface area contributed by atoms with Gasteiger partial charge in [-0.2, -0.15) is 0 Å². The van der Waals surface area contributed by atoms with Crippen LogP contribution in [0.1, 0.15) is 40.9 Å². The van der Waals surface area contributed by atoms with E-state index in [4.69, 9.17) is 4.74 Å². The minimum atomic E-state index is 0.233. The number of aromatic amines is 1. The lowest BCUT2D eigenvalue weighted by atomic mass is 9.91. The highest BCUT2D eigenvalue weighted by Gasteiger charge is 2.26. The second-order valence-corrected chi connectivity index (χ2v) is 6.65. The largest absolute Gasteiger partial charge is 0.494 e. The summed E-state index contributed by atoms with van der Waals surface area (Å²) < 4.78 is 5.69. The molecule has 0 bridgehead atoms. The number of aryl methyl sites for hydroxylation is 2. The molecule has 1 aliphatic rings. The van der Waals surface area contributed by atoms with Gasteiger partial charge in [0.15, 0.2) is 0 Å². The first-order valence-electron chi connectivity index (χ1n) is 8.75. The summed E-state index contributed by atoms with van der Waals surface area (Å²) in [4.78, 5) is 3.66. The molecule has 3 aromatic rings. The van der Waals surface area contributed by atoms with Crippen LogP contribution in [0.2, 0.25) is 0 Å². The summed E-state index contributed by atoms with van der Waals surface area (Å²) in [5.41, 5.74) is 7.93. The van der Waals surface area contributed by atoms with Gasteiger partial charge in [-0.1, -0.05) is 23.8 Å². The Morgan fingerprint density at radius 1 is 1.12 bits per heavy atom. The third-order valence-electron chi connectivity index (χ3n) is 4.98. The maximum atomic E-state index is 5.69. The molecular formula is C21H24N2O. The maximum absolute atomic E-state index is 5.69. The van der Waals surface area contributed by atoms with Crippen LogP contribution in [-0.4, -0.2) is 18.1 Å². The van der Waals surface area contributed by atoms with Crippen LogP contribution in [0.4, 0.5) is 0 Å². The Morgan fingerprint density at radius 3 is 2.83 bits per heavy atom. The van der Waals surface area contributed by atoms with Crippen molar-refractivity contribution in [2.45, 2.75) is 33.2 Å². The van der Waals surface area contributed by atoms with Crippen LogP contribution in [0.5, 0.6) is 5.75 Å². The Balaban J connectivity index is 1.85. The lowest BCUT2D eigenvalue weighted by Gasteiger charge is -2.26. The van der Waals surface area contributed by atoms with E-state index >= 15 is 0 Å². The molecule has 4 rings (SSSR count). The molecule has 0 spiro atoms. The minimum Gasteiger partial charge on any atom is -0.494 e. The molecule has 2 aromatic carbocycles. The monoisotopic (exact) mass is 320 g/mol. The van der Waals surface area contributed by atoms with Crippen LogP contribution in [0.3, 0.4) is 0 Å². The quantitative estimate of drug-likeness (QED) is 0.749. The van der Waals surface area contributed by atoms with E-state index < -0.39 is 0 Å². The van der Waals surface area contributed by atoms with Gasteiger partial charge in [-0.15, -0.1) is 0 Å². The third kappa shape index (κ3) is 2.49. The second kappa shape index (κ2) is 5.99. The molecule has 0 aliphatic carbocycles. The van der Waals surface area contributed by atoms with Crippen LogP contribution in [0, 0.1) is 13.8 Å². The Kier molecular flexibility index (Phi) is 3.81.